The van der Waals surface area contributed by atoms with E-state index in [-0.39, 0.29) is 5.75 Å². The molecule has 2 aromatic rings. The van der Waals surface area contributed by atoms with Crippen LogP contribution in [-0.2, 0) is 6.54 Å². The highest BCUT2D eigenvalue weighted by Crippen LogP contribution is 2.24. The number of aliphatic hydroxyl groups excluding tert-OH is 1. The van der Waals surface area contributed by atoms with Gasteiger partial charge in [-0.3, -0.25) is 9.80 Å². The van der Waals surface area contributed by atoms with E-state index in [1.165, 1.54) is 17.0 Å². The number of rotatable bonds is 7. The molecule has 3 rings (SSSR count). The molecule has 1 aromatic heterocycles. The standard InChI is InChI=1S/C18H21BrF2N2O2S/c19-17-6-5-15(26-17)11-22-7-9-23(10-8-22)12-16(24)13-1-3-14(4-2-13)25-18(20)21/h1-6,16,18,24H,7-12H2. The summed E-state index contributed by atoms with van der Waals surface area (Å²) < 4.78 is 29.8. The molecular formula is C18H21BrF2N2O2S. The van der Waals surface area contributed by atoms with E-state index in [0.29, 0.717) is 12.1 Å². The highest BCUT2D eigenvalue weighted by Gasteiger charge is 2.20. The molecule has 26 heavy (non-hydrogen) atoms. The van der Waals surface area contributed by atoms with Gasteiger partial charge in [0.2, 0.25) is 0 Å². The van der Waals surface area contributed by atoms with Gasteiger partial charge in [0.15, 0.2) is 0 Å². The number of hydrogen-bond acceptors (Lipinski definition) is 5. The third-order valence-electron chi connectivity index (χ3n) is 4.39. The van der Waals surface area contributed by atoms with E-state index in [1.807, 2.05) is 0 Å². The second kappa shape index (κ2) is 9.23. The first-order chi connectivity index (χ1) is 12.5. The monoisotopic (exact) mass is 446 g/mol. The maximum Gasteiger partial charge on any atom is 0.387 e. The first-order valence-corrected chi connectivity index (χ1v) is 10.0. The minimum absolute atomic E-state index is 0.102. The van der Waals surface area contributed by atoms with Crippen LogP contribution in [-0.4, -0.2) is 54.2 Å². The molecule has 1 unspecified atom stereocenters. The van der Waals surface area contributed by atoms with Crippen LogP contribution in [0.4, 0.5) is 8.78 Å². The number of halogens is 3. The maximum absolute atomic E-state index is 12.2. The third-order valence-corrected chi connectivity index (χ3v) is 6.00. The fraction of sp³-hybridized carbons (Fsp3) is 0.444. The Hall–Kier alpha value is -1.06. The Balaban J connectivity index is 1.44. The number of piperazine rings is 1. The van der Waals surface area contributed by atoms with Crippen molar-refractivity contribution < 1.29 is 18.6 Å². The Bertz CT molecular complexity index is 691. The Morgan fingerprint density at radius 2 is 1.69 bits per heavy atom. The molecule has 0 saturated carbocycles. The number of nitrogens with zero attached hydrogens (tertiary/aromatic N) is 2. The molecule has 1 N–H and O–H groups in total. The summed E-state index contributed by atoms with van der Waals surface area (Å²) in [5, 5.41) is 10.4. The summed E-state index contributed by atoms with van der Waals surface area (Å²) in [6, 6.07) is 10.4. The van der Waals surface area contributed by atoms with Crippen molar-refractivity contribution in [2.45, 2.75) is 19.3 Å². The number of alkyl halides is 2. The molecule has 0 spiro atoms. The smallest absolute Gasteiger partial charge is 0.387 e. The first kappa shape index (κ1) is 19.7. The minimum atomic E-state index is -2.84. The van der Waals surface area contributed by atoms with Crippen LogP contribution in [0.2, 0.25) is 0 Å². The number of β-amino-alcohol motifs (C(OH)–C–C–N with tert-alkyl or cyclic N) is 1. The topological polar surface area (TPSA) is 35.9 Å². The van der Waals surface area contributed by atoms with Crippen molar-refractivity contribution in [3.8, 4) is 5.75 Å². The van der Waals surface area contributed by atoms with Gasteiger partial charge in [0.05, 0.1) is 9.89 Å². The van der Waals surface area contributed by atoms with E-state index in [0.717, 1.165) is 36.5 Å². The van der Waals surface area contributed by atoms with Crippen LogP contribution in [0.3, 0.4) is 0 Å². The average molecular weight is 447 g/mol. The lowest BCUT2D eigenvalue weighted by Gasteiger charge is -2.35. The second-order valence-corrected chi connectivity index (χ2v) is 8.79. The molecule has 0 bridgehead atoms. The van der Waals surface area contributed by atoms with E-state index >= 15 is 0 Å². The van der Waals surface area contributed by atoms with E-state index in [9.17, 15) is 13.9 Å². The fourth-order valence-electron chi connectivity index (χ4n) is 3.01. The van der Waals surface area contributed by atoms with Crippen molar-refractivity contribution in [1.82, 2.24) is 9.80 Å². The molecule has 8 heteroatoms. The van der Waals surface area contributed by atoms with E-state index in [1.54, 1.807) is 23.5 Å². The molecule has 4 nitrogen and oxygen atoms in total. The number of ether oxygens (including phenoxy) is 1. The lowest BCUT2D eigenvalue weighted by atomic mass is 10.1. The third kappa shape index (κ3) is 5.72. The van der Waals surface area contributed by atoms with E-state index in [2.05, 4.69) is 42.6 Å². The van der Waals surface area contributed by atoms with Crippen LogP contribution in [0.1, 0.15) is 16.5 Å². The van der Waals surface area contributed by atoms with Gasteiger partial charge in [0, 0.05) is 44.1 Å². The Kier molecular flexibility index (Phi) is 6.99. The SMILES string of the molecule is OC(CN1CCN(Cc2ccc(Br)s2)CC1)c1ccc(OC(F)F)cc1. The molecular weight excluding hydrogens is 426 g/mol. The summed E-state index contributed by atoms with van der Waals surface area (Å²) in [6.45, 7) is 2.38. The lowest BCUT2D eigenvalue weighted by Crippen LogP contribution is -2.46. The molecule has 1 saturated heterocycles. The molecule has 1 aromatic carbocycles. The first-order valence-electron chi connectivity index (χ1n) is 8.41. The van der Waals surface area contributed by atoms with E-state index < -0.39 is 12.7 Å². The van der Waals surface area contributed by atoms with E-state index in [4.69, 9.17) is 0 Å². The van der Waals surface area contributed by atoms with Crippen molar-refractivity contribution in [2.24, 2.45) is 0 Å². The van der Waals surface area contributed by atoms with Crippen molar-refractivity contribution >= 4 is 27.3 Å². The summed E-state index contributed by atoms with van der Waals surface area (Å²) in [4.78, 5) is 5.99. The molecule has 142 valence electrons. The second-order valence-electron chi connectivity index (χ2n) is 6.25. The Morgan fingerprint density at radius 3 is 2.27 bits per heavy atom. The summed E-state index contributed by atoms with van der Waals surface area (Å²) >= 11 is 5.25. The predicted molar refractivity (Wildman–Crippen MR) is 102 cm³/mol. The van der Waals surface area contributed by atoms with Gasteiger partial charge in [0.25, 0.3) is 0 Å². The lowest BCUT2D eigenvalue weighted by molar-refractivity contribution is -0.0498. The minimum Gasteiger partial charge on any atom is -0.435 e. The molecule has 0 amide bonds. The van der Waals surface area contributed by atoms with Gasteiger partial charge in [-0.2, -0.15) is 8.78 Å². The van der Waals surface area contributed by atoms with Gasteiger partial charge in [-0.1, -0.05) is 12.1 Å². The number of benzene rings is 1. The van der Waals surface area contributed by atoms with Gasteiger partial charge in [0.1, 0.15) is 5.75 Å². The van der Waals surface area contributed by atoms with Crippen molar-refractivity contribution in [2.75, 3.05) is 32.7 Å². The van der Waals surface area contributed by atoms with Gasteiger partial charge in [-0.15, -0.1) is 11.3 Å². The van der Waals surface area contributed by atoms with Crippen molar-refractivity contribution in [3.63, 3.8) is 0 Å². The molecule has 0 aliphatic carbocycles. The van der Waals surface area contributed by atoms with Gasteiger partial charge in [-0.25, -0.2) is 0 Å². The molecule has 1 fully saturated rings. The van der Waals surface area contributed by atoms with Gasteiger partial charge >= 0.3 is 6.61 Å². The van der Waals surface area contributed by atoms with Crippen molar-refractivity contribution in [3.05, 3.63) is 50.6 Å². The zero-order valence-electron chi connectivity index (χ0n) is 14.2. The Labute approximate surface area is 164 Å². The quantitative estimate of drug-likeness (QED) is 0.697. The summed E-state index contributed by atoms with van der Waals surface area (Å²) in [5.41, 5.74) is 0.706. The van der Waals surface area contributed by atoms with Crippen LogP contribution in [0.25, 0.3) is 0 Å². The molecule has 1 aliphatic heterocycles. The number of thiophene rings is 1. The van der Waals surface area contributed by atoms with Crippen LogP contribution in [0.5, 0.6) is 5.75 Å². The van der Waals surface area contributed by atoms with Gasteiger partial charge in [-0.05, 0) is 45.8 Å². The number of aliphatic hydroxyl groups is 1. The summed E-state index contributed by atoms with van der Waals surface area (Å²) in [6.07, 6.45) is -0.643. The maximum atomic E-state index is 12.2. The Morgan fingerprint density at radius 1 is 1.04 bits per heavy atom. The van der Waals surface area contributed by atoms with Crippen molar-refractivity contribution in [1.29, 1.82) is 0 Å². The normalized spacial score (nSPS) is 17.6. The van der Waals surface area contributed by atoms with Crippen LogP contribution in [0, 0.1) is 0 Å². The van der Waals surface area contributed by atoms with Crippen LogP contribution < -0.4 is 4.74 Å². The van der Waals surface area contributed by atoms with Crippen LogP contribution >= 0.6 is 27.3 Å². The summed E-state index contributed by atoms with van der Waals surface area (Å²) in [7, 11) is 0. The average Bonchev–Trinajstić information content (AvgIpc) is 3.01. The zero-order chi connectivity index (χ0) is 18.5. The number of hydrogen-bond donors (Lipinski definition) is 1. The molecule has 1 atom stereocenters. The largest absolute Gasteiger partial charge is 0.435 e. The molecule has 0 radical (unpaired) electrons. The predicted octanol–water partition coefficient (Wildman–Crippen LogP) is 3.96. The zero-order valence-corrected chi connectivity index (χ0v) is 16.6. The van der Waals surface area contributed by atoms with Gasteiger partial charge < -0.3 is 9.84 Å². The molecule has 1 aliphatic rings. The highest BCUT2D eigenvalue weighted by molar-refractivity contribution is 9.11. The highest BCUT2D eigenvalue weighted by atomic mass is 79.9. The fourth-order valence-corrected chi connectivity index (χ4v) is 4.53. The summed E-state index contributed by atoms with van der Waals surface area (Å²) in [5.74, 6) is 0.102. The van der Waals surface area contributed by atoms with Crippen LogP contribution in [0.15, 0.2) is 40.2 Å². The molecule has 2 heterocycles.